The zero-order chi connectivity index (χ0) is 23.7. The highest BCUT2D eigenvalue weighted by Gasteiger charge is 2.44. The lowest BCUT2D eigenvalue weighted by Crippen LogP contribution is -2.46. The number of halogens is 1. The van der Waals surface area contributed by atoms with Crippen LogP contribution in [0.2, 0.25) is 5.02 Å². The van der Waals surface area contributed by atoms with Crippen molar-refractivity contribution in [2.45, 2.75) is 38.4 Å². The molecule has 2 N–H and O–H groups in total. The number of hydrogen-bond acceptors (Lipinski definition) is 7. The molecule has 3 aromatic rings. The molecule has 9 nitrogen and oxygen atoms in total. The molecule has 4 heterocycles. The van der Waals surface area contributed by atoms with Gasteiger partial charge in [-0.3, -0.25) is 19.1 Å². The monoisotopic (exact) mass is 483 g/mol. The van der Waals surface area contributed by atoms with Gasteiger partial charge < -0.3 is 19.7 Å². The van der Waals surface area contributed by atoms with Crippen LogP contribution in [0.5, 0.6) is 0 Å². The van der Waals surface area contributed by atoms with Crippen molar-refractivity contribution in [1.82, 2.24) is 14.5 Å². The largest absolute Gasteiger partial charge is 0.467 e. The molecule has 2 amide bonds. The SMILES string of the molecule is O=C1c2c(nc(NCc3ccco3)n2Cc2ccc(Cl)cc2)N2CCCC2C(=O)N1CCCO. The van der Waals surface area contributed by atoms with Gasteiger partial charge in [0, 0.05) is 24.7 Å². The molecule has 1 unspecified atom stereocenters. The molecular weight excluding hydrogens is 458 g/mol. The van der Waals surface area contributed by atoms with Crippen molar-refractivity contribution in [2.75, 3.05) is 29.9 Å². The molecular formula is C24H26ClN5O4. The quantitative estimate of drug-likeness (QED) is 0.474. The van der Waals surface area contributed by atoms with Crippen LogP contribution in [0.1, 0.15) is 41.1 Å². The summed E-state index contributed by atoms with van der Waals surface area (Å²) < 4.78 is 7.27. The fourth-order valence-electron chi connectivity index (χ4n) is 4.62. The highest BCUT2D eigenvalue weighted by Crippen LogP contribution is 2.36. The van der Waals surface area contributed by atoms with E-state index in [1.54, 1.807) is 18.4 Å². The Hall–Kier alpha value is -3.30. The molecule has 1 saturated heterocycles. The number of imidazole rings is 1. The van der Waals surface area contributed by atoms with Gasteiger partial charge in [0.1, 0.15) is 11.8 Å². The summed E-state index contributed by atoms with van der Waals surface area (Å²) in [4.78, 5) is 35.1. The number of aromatic nitrogens is 2. The lowest BCUT2D eigenvalue weighted by atomic mass is 10.2. The molecule has 1 atom stereocenters. The number of anilines is 2. The van der Waals surface area contributed by atoms with Gasteiger partial charge in [0.2, 0.25) is 5.95 Å². The molecule has 1 aromatic carbocycles. The van der Waals surface area contributed by atoms with Crippen molar-refractivity contribution in [1.29, 1.82) is 0 Å². The van der Waals surface area contributed by atoms with Crippen LogP contribution in [0.15, 0.2) is 47.1 Å². The zero-order valence-corrected chi connectivity index (χ0v) is 19.4. The number of hydrogen-bond donors (Lipinski definition) is 2. The van der Waals surface area contributed by atoms with Crippen molar-refractivity contribution in [3.05, 3.63) is 64.7 Å². The first-order valence-electron chi connectivity index (χ1n) is 11.4. The highest BCUT2D eigenvalue weighted by molar-refractivity contribution is 6.30. The number of benzene rings is 1. The Labute approximate surface area is 201 Å². The van der Waals surface area contributed by atoms with E-state index in [9.17, 15) is 14.7 Å². The van der Waals surface area contributed by atoms with Crippen LogP contribution in [0.25, 0.3) is 0 Å². The third-order valence-electron chi connectivity index (χ3n) is 6.27. The summed E-state index contributed by atoms with van der Waals surface area (Å²) in [6.07, 6.45) is 3.45. The Morgan fingerprint density at radius 3 is 2.76 bits per heavy atom. The summed E-state index contributed by atoms with van der Waals surface area (Å²) in [7, 11) is 0. The molecule has 10 heteroatoms. The molecule has 0 aliphatic carbocycles. The Bertz CT molecular complexity index is 1170. The molecule has 0 saturated carbocycles. The topological polar surface area (TPSA) is 104 Å². The fourth-order valence-corrected chi connectivity index (χ4v) is 4.74. The average molecular weight is 484 g/mol. The predicted octanol–water partition coefficient (Wildman–Crippen LogP) is 3.12. The molecule has 5 rings (SSSR count). The molecule has 2 aliphatic heterocycles. The highest BCUT2D eigenvalue weighted by atomic mass is 35.5. The van der Waals surface area contributed by atoms with E-state index in [-0.39, 0.29) is 19.1 Å². The smallest absolute Gasteiger partial charge is 0.281 e. The van der Waals surface area contributed by atoms with E-state index in [1.807, 2.05) is 33.7 Å². The van der Waals surface area contributed by atoms with Crippen LogP contribution in [-0.2, 0) is 17.9 Å². The number of aliphatic hydroxyl groups excluding tert-OH is 1. The second kappa shape index (κ2) is 9.52. The second-order valence-corrected chi connectivity index (χ2v) is 8.91. The summed E-state index contributed by atoms with van der Waals surface area (Å²) >= 11 is 6.07. The van der Waals surface area contributed by atoms with E-state index in [0.29, 0.717) is 55.0 Å². The third kappa shape index (κ3) is 4.17. The number of furan rings is 1. The van der Waals surface area contributed by atoms with E-state index in [2.05, 4.69) is 5.32 Å². The van der Waals surface area contributed by atoms with E-state index in [4.69, 9.17) is 21.0 Å². The number of fused-ring (bicyclic) bond motifs is 3. The van der Waals surface area contributed by atoms with Crippen LogP contribution in [-0.4, -0.2) is 57.1 Å². The Morgan fingerprint density at radius 2 is 2.03 bits per heavy atom. The van der Waals surface area contributed by atoms with E-state index in [1.165, 1.54) is 4.90 Å². The summed E-state index contributed by atoms with van der Waals surface area (Å²) in [5.41, 5.74) is 1.31. The molecule has 0 spiro atoms. The van der Waals surface area contributed by atoms with Gasteiger partial charge in [-0.1, -0.05) is 23.7 Å². The predicted molar refractivity (Wildman–Crippen MR) is 127 cm³/mol. The van der Waals surface area contributed by atoms with Crippen molar-refractivity contribution in [2.24, 2.45) is 0 Å². The van der Waals surface area contributed by atoms with Crippen molar-refractivity contribution >= 4 is 35.2 Å². The molecule has 1 fully saturated rings. The number of aliphatic hydroxyl groups is 1. The maximum absolute atomic E-state index is 13.8. The van der Waals surface area contributed by atoms with Crippen LogP contribution in [0.4, 0.5) is 11.8 Å². The lowest BCUT2D eigenvalue weighted by Gasteiger charge is -2.25. The molecule has 178 valence electrons. The van der Waals surface area contributed by atoms with Crippen LogP contribution >= 0.6 is 11.6 Å². The average Bonchev–Trinajstić information content (AvgIpc) is 3.58. The number of amides is 2. The minimum absolute atomic E-state index is 0.0989. The number of nitrogens with zero attached hydrogens (tertiary/aromatic N) is 4. The van der Waals surface area contributed by atoms with Crippen LogP contribution in [0.3, 0.4) is 0 Å². The van der Waals surface area contributed by atoms with Crippen LogP contribution < -0.4 is 10.2 Å². The summed E-state index contributed by atoms with van der Waals surface area (Å²) in [5, 5.41) is 13.3. The van der Waals surface area contributed by atoms with E-state index < -0.39 is 11.9 Å². The van der Waals surface area contributed by atoms with E-state index >= 15 is 0 Å². The number of carbonyl (C=O) groups excluding carboxylic acids is 2. The maximum Gasteiger partial charge on any atom is 0.281 e. The first kappa shape index (κ1) is 22.5. The Kier molecular flexibility index (Phi) is 6.30. The normalized spacial score (nSPS) is 17.6. The van der Waals surface area contributed by atoms with Gasteiger partial charge in [-0.25, -0.2) is 0 Å². The Morgan fingerprint density at radius 1 is 1.21 bits per heavy atom. The molecule has 0 radical (unpaired) electrons. The molecule has 0 bridgehead atoms. The number of rotatable bonds is 8. The maximum atomic E-state index is 13.8. The number of carbonyl (C=O) groups is 2. The fraction of sp³-hybridized carbons (Fsp3) is 0.375. The lowest BCUT2D eigenvalue weighted by molar-refractivity contribution is -0.129. The van der Waals surface area contributed by atoms with E-state index in [0.717, 1.165) is 17.7 Å². The van der Waals surface area contributed by atoms with Crippen molar-refractivity contribution in [3.63, 3.8) is 0 Å². The second-order valence-electron chi connectivity index (χ2n) is 8.48. The summed E-state index contributed by atoms with van der Waals surface area (Å²) in [5.74, 6) is 1.16. The van der Waals surface area contributed by atoms with Crippen molar-refractivity contribution in [3.8, 4) is 0 Å². The van der Waals surface area contributed by atoms with Crippen molar-refractivity contribution < 1.29 is 19.1 Å². The first-order valence-corrected chi connectivity index (χ1v) is 11.8. The third-order valence-corrected chi connectivity index (χ3v) is 6.52. The van der Waals surface area contributed by atoms with Gasteiger partial charge >= 0.3 is 0 Å². The standard InChI is InChI=1S/C24H26ClN5O4/c25-17-8-6-16(7-9-17)15-30-20-21(27-24(30)26-14-18-4-2-13-34-18)28-10-1-5-19(28)22(32)29(23(20)33)11-3-12-31/h2,4,6-9,13,19,31H,1,3,5,10-12,14-15H2,(H,26,27). The molecule has 2 aromatic heterocycles. The number of imide groups is 1. The van der Waals surface area contributed by atoms with Crippen LogP contribution in [0, 0.1) is 0 Å². The molecule has 34 heavy (non-hydrogen) atoms. The molecule has 2 aliphatic rings. The zero-order valence-electron chi connectivity index (χ0n) is 18.6. The number of nitrogens with one attached hydrogen (secondary N) is 1. The summed E-state index contributed by atoms with van der Waals surface area (Å²) in [6, 6.07) is 10.7. The van der Waals surface area contributed by atoms with Gasteiger partial charge in [0.15, 0.2) is 11.5 Å². The van der Waals surface area contributed by atoms with Gasteiger partial charge in [-0.2, -0.15) is 4.98 Å². The minimum atomic E-state index is -0.430. The minimum Gasteiger partial charge on any atom is -0.467 e. The van der Waals surface area contributed by atoms with Gasteiger partial charge in [0.25, 0.3) is 11.8 Å². The van der Waals surface area contributed by atoms with Gasteiger partial charge in [-0.05, 0) is 49.1 Å². The summed E-state index contributed by atoms with van der Waals surface area (Å²) in [6.45, 7) is 1.48. The first-order chi connectivity index (χ1) is 16.6. The van der Waals surface area contributed by atoms with Gasteiger partial charge in [0.05, 0.1) is 19.4 Å². The Balaban J connectivity index is 1.59. The van der Waals surface area contributed by atoms with Gasteiger partial charge in [-0.15, -0.1) is 0 Å².